The molecule has 0 aromatic heterocycles. The fourth-order valence-corrected chi connectivity index (χ4v) is 2.99. The highest BCUT2D eigenvalue weighted by Crippen LogP contribution is 2.46. The number of rotatable bonds is 2. The van der Waals surface area contributed by atoms with Crippen LogP contribution in [0.3, 0.4) is 0 Å². The lowest BCUT2D eigenvalue weighted by Gasteiger charge is -2.42. The highest BCUT2D eigenvalue weighted by atomic mass is 16.3. The molecule has 1 aliphatic heterocycles. The minimum absolute atomic E-state index is 0.0547. The van der Waals surface area contributed by atoms with E-state index in [4.69, 9.17) is 0 Å². The van der Waals surface area contributed by atoms with Gasteiger partial charge in [-0.25, -0.2) is 0 Å². The third kappa shape index (κ3) is 2.99. The molecule has 0 saturated carbocycles. The molecule has 5 nitrogen and oxygen atoms in total. The summed E-state index contributed by atoms with van der Waals surface area (Å²) >= 11 is 0. The van der Waals surface area contributed by atoms with E-state index in [1.807, 2.05) is 0 Å². The van der Waals surface area contributed by atoms with Crippen LogP contribution in [-0.2, 0) is 0 Å². The van der Waals surface area contributed by atoms with Crippen molar-refractivity contribution in [2.75, 3.05) is 26.2 Å². The molecule has 5 heteroatoms. The topological polar surface area (TPSA) is 76.0 Å². The monoisotopic (exact) mass is 280 g/mol. The Bertz CT molecular complexity index is 453. The van der Waals surface area contributed by atoms with Gasteiger partial charge in [0.15, 0.2) is 0 Å². The molecule has 2 rings (SSSR count). The predicted octanol–water partition coefficient (Wildman–Crippen LogP) is 1.80. The Morgan fingerprint density at radius 1 is 1.05 bits per heavy atom. The molecule has 4 N–H and O–H groups in total. The third-order valence-corrected chi connectivity index (χ3v) is 3.73. The lowest BCUT2D eigenvalue weighted by atomic mass is 9.80. The van der Waals surface area contributed by atoms with Gasteiger partial charge in [-0.3, -0.25) is 4.90 Å². The van der Waals surface area contributed by atoms with Crippen LogP contribution in [-0.4, -0.2) is 46.4 Å². The van der Waals surface area contributed by atoms with Gasteiger partial charge in [0.1, 0.15) is 17.2 Å². The second-order valence-electron chi connectivity index (χ2n) is 6.45. The summed E-state index contributed by atoms with van der Waals surface area (Å²) in [6.45, 7) is 9.78. The zero-order chi connectivity index (χ0) is 14.9. The fraction of sp³-hybridized carbons (Fsp3) is 0.600. The van der Waals surface area contributed by atoms with Gasteiger partial charge in [-0.15, -0.1) is 0 Å². The first-order chi connectivity index (χ1) is 9.30. The van der Waals surface area contributed by atoms with Gasteiger partial charge in [-0.2, -0.15) is 0 Å². The summed E-state index contributed by atoms with van der Waals surface area (Å²) < 4.78 is 0. The summed E-state index contributed by atoms with van der Waals surface area (Å²) in [6, 6.07) is 2.47. The standard InChI is InChI=1S/C15H24N2O3/c1-15(2,3)14(17-6-4-16-5-7-17)13-11(19)8-10(18)9-12(13)20/h8-9,14,16,18-20H,4-7H2,1-3H3/t14-/m1/s1. The van der Waals surface area contributed by atoms with Crippen LogP contribution in [0.1, 0.15) is 32.4 Å². The van der Waals surface area contributed by atoms with Gasteiger partial charge in [0.05, 0.1) is 5.56 Å². The molecule has 1 aliphatic rings. The van der Waals surface area contributed by atoms with Crippen LogP contribution in [0.4, 0.5) is 0 Å². The first-order valence-electron chi connectivity index (χ1n) is 7.00. The van der Waals surface area contributed by atoms with Crippen LogP contribution in [0.25, 0.3) is 0 Å². The highest BCUT2D eigenvalue weighted by Gasteiger charge is 2.36. The lowest BCUT2D eigenvalue weighted by Crippen LogP contribution is -2.48. The highest BCUT2D eigenvalue weighted by molar-refractivity contribution is 5.51. The van der Waals surface area contributed by atoms with Crippen LogP contribution in [0.5, 0.6) is 17.2 Å². The van der Waals surface area contributed by atoms with Gasteiger partial charge in [0, 0.05) is 44.4 Å². The molecule has 112 valence electrons. The molecule has 20 heavy (non-hydrogen) atoms. The van der Waals surface area contributed by atoms with E-state index in [1.54, 1.807) is 0 Å². The van der Waals surface area contributed by atoms with Crippen LogP contribution < -0.4 is 5.32 Å². The number of aromatic hydroxyl groups is 3. The number of nitrogens with zero attached hydrogens (tertiary/aromatic N) is 1. The van der Waals surface area contributed by atoms with E-state index in [2.05, 4.69) is 31.0 Å². The van der Waals surface area contributed by atoms with Gasteiger partial charge in [0.25, 0.3) is 0 Å². The van der Waals surface area contributed by atoms with Gasteiger partial charge >= 0.3 is 0 Å². The summed E-state index contributed by atoms with van der Waals surface area (Å²) in [5.41, 5.74) is 0.348. The number of hydrogen-bond acceptors (Lipinski definition) is 5. The van der Waals surface area contributed by atoms with Crippen LogP contribution in [0.15, 0.2) is 12.1 Å². The Kier molecular flexibility index (Phi) is 4.11. The van der Waals surface area contributed by atoms with E-state index in [1.165, 1.54) is 12.1 Å². The van der Waals surface area contributed by atoms with Crippen molar-refractivity contribution < 1.29 is 15.3 Å². The number of piperazine rings is 1. The molecule has 0 unspecified atom stereocenters. The van der Waals surface area contributed by atoms with Crippen molar-refractivity contribution in [3.05, 3.63) is 17.7 Å². The number of hydrogen-bond donors (Lipinski definition) is 4. The molecule has 1 heterocycles. The van der Waals surface area contributed by atoms with E-state index in [9.17, 15) is 15.3 Å². The average Bonchev–Trinajstić information content (AvgIpc) is 2.33. The second kappa shape index (κ2) is 5.50. The number of phenols is 3. The molecule has 1 aromatic carbocycles. The average molecular weight is 280 g/mol. The van der Waals surface area contributed by atoms with Crippen molar-refractivity contribution in [2.24, 2.45) is 5.41 Å². The van der Waals surface area contributed by atoms with Crippen molar-refractivity contribution in [3.63, 3.8) is 0 Å². The van der Waals surface area contributed by atoms with Crippen molar-refractivity contribution in [1.29, 1.82) is 0 Å². The summed E-state index contributed by atoms with van der Waals surface area (Å²) in [5.74, 6) is -0.237. The van der Waals surface area contributed by atoms with E-state index in [0.717, 1.165) is 26.2 Å². The van der Waals surface area contributed by atoms with Crippen LogP contribution in [0, 0.1) is 5.41 Å². The zero-order valence-corrected chi connectivity index (χ0v) is 12.3. The molecule has 1 atom stereocenters. The van der Waals surface area contributed by atoms with E-state index < -0.39 is 0 Å². The molecular formula is C15H24N2O3. The summed E-state index contributed by atoms with van der Waals surface area (Å²) in [6.07, 6.45) is 0. The molecule has 0 radical (unpaired) electrons. The van der Waals surface area contributed by atoms with Crippen molar-refractivity contribution in [2.45, 2.75) is 26.8 Å². The molecule has 1 saturated heterocycles. The maximum absolute atomic E-state index is 10.2. The van der Waals surface area contributed by atoms with E-state index in [-0.39, 0.29) is 28.7 Å². The van der Waals surface area contributed by atoms with Gasteiger partial charge < -0.3 is 20.6 Å². The molecule has 0 bridgehead atoms. The molecule has 0 amide bonds. The Labute approximate surface area is 119 Å². The Hall–Kier alpha value is -1.46. The van der Waals surface area contributed by atoms with Gasteiger partial charge in [-0.1, -0.05) is 20.8 Å². The predicted molar refractivity (Wildman–Crippen MR) is 78.1 cm³/mol. The summed E-state index contributed by atoms with van der Waals surface area (Å²) in [7, 11) is 0. The van der Waals surface area contributed by atoms with Crippen molar-refractivity contribution >= 4 is 0 Å². The quantitative estimate of drug-likeness (QED) is 0.664. The maximum atomic E-state index is 10.2. The van der Waals surface area contributed by atoms with E-state index in [0.29, 0.717) is 5.56 Å². The number of nitrogens with one attached hydrogen (secondary N) is 1. The molecule has 0 aliphatic carbocycles. The normalized spacial score (nSPS) is 18.9. The van der Waals surface area contributed by atoms with Crippen LogP contribution in [0.2, 0.25) is 0 Å². The van der Waals surface area contributed by atoms with E-state index >= 15 is 0 Å². The smallest absolute Gasteiger partial charge is 0.127 e. The SMILES string of the molecule is CC(C)(C)[C@@H](c1c(O)cc(O)cc1O)N1CCNCC1. The third-order valence-electron chi connectivity index (χ3n) is 3.73. The molecule has 1 aromatic rings. The lowest BCUT2D eigenvalue weighted by molar-refractivity contribution is 0.0821. The minimum atomic E-state index is -0.150. The van der Waals surface area contributed by atoms with Gasteiger partial charge in [0.2, 0.25) is 0 Å². The largest absolute Gasteiger partial charge is 0.508 e. The van der Waals surface area contributed by atoms with Crippen molar-refractivity contribution in [1.82, 2.24) is 10.2 Å². The fourth-order valence-electron chi connectivity index (χ4n) is 2.99. The summed E-state index contributed by atoms with van der Waals surface area (Å²) in [4.78, 5) is 2.27. The zero-order valence-electron chi connectivity index (χ0n) is 12.3. The number of phenolic OH excluding ortho intramolecular Hbond substituents is 3. The Morgan fingerprint density at radius 2 is 1.55 bits per heavy atom. The number of benzene rings is 1. The summed E-state index contributed by atoms with van der Waals surface area (Å²) in [5, 5.41) is 33.1. The van der Waals surface area contributed by atoms with Crippen molar-refractivity contribution in [3.8, 4) is 17.2 Å². The van der Waals surface area contributed by atoms with Gasteiger partial charge in [-0.05, 0) is 5.41 Å². The minimum Gasteiger partial charge on any atom is -0.508 e. The Morgan fingerprint density at radius 3 is 2.00 bits per heavy atom. The maximum Gasteiger partial charge on any atom is 0.127 e. The molecule has 1 fully saturated rings. The molecular weight excluding hydrogens is 256 g/mol. The van der Waals surface area contributed by atoms with Crippen LogP contribution >= 0.6 is 0 Å². The second-order valence-corrected chi connectivity index (χ2v) is 6.45. The Balaban J connectivity index is 2.46. The molecule has 0 spiro atoms. The first kappa shape index (κ1) is 14.9. The first-order valence-corrected chi connectivity index (χ1v) is 7.00.